The Labute approximate surface area is 164 Å². The lowest BCUT2D eigenvalue weighted by atomic mass is 9.91. The predicted molar refractivity (Wildman–Crippen MR) is 111 cm³/mol. The van der Waals surface area contributed by atoms with Gasteiger partial charge in [0.25, 0.3) is 0 Å². The van der Waals surface area contributed by atoms with Crippen LogP contribution in [0.3, 0.4) is 0 Å². The van der Waals surface area contributed by atoms with Crippen molar-refractivity contribution in [2.75, 3.05) is 37.6 Å². The maximum atomic E-state index is 12.8. The Kier molecular flexibility index (Phi) is 5.80. The lowest BCUT2D eigenvalue weighted by Gasteiger charge is -2.34. The molecule has 0 aromatic carbocycles. The van der Waals surface area contributed by atoms with Gasteiger partial charge in [0.05, 0.1) is 11.4 Å². The molecule has 0 radical (unpaired) electrons. The molecule has 2 aliphatic heterocycles. The first-order chi connectivity index (χ1) is 12.7. The molecule has 27 heavy (non-hydrogen) atoms. The standard InChI is InChI=1S/C22H36N4O/c1-21(2,3)10-14-25-12-8-17(9-13-25)15-24-20(27)26-16-22(4,5)19-18(26)7-6-11-23-19/h6-7,11,17H,8-10,12-16H2,1-5H3,(H,24,27). The average molecular weight is 373 g/mol. The van der Waals surface area contributed by atoms with E-state index in [9.17, 15) is 4.79 Å². The zero-order valence-electron chi connectivity index (χ0n) is 17.7. The molecular formula is C22H36N4O. The van der Waals surface area contributed by atoms with Gasteiger partial charge in [-0.1, -0.05) is 34.6 Å². The Morgan fingerprint density at radius 2 is 2.00 bits per heavy atom. The summed E-state index contributed by atoms with van der Waals surface area (Å²) < 4.78 is 0. The number of pyridine rings is 1. The minimum atomic E-state index is -0.0909. The van der Waals surface area contributed by atoms with E-state index in [2.05, 4.69) is 49.8 Å². The van der Waals surface area contributed by atoms with Crippen LogP contribution in [0.15, 0.2) is 18.3 Å². The van der Waals surface area contributed by atoms with Gasteiger partial charge in [0, 0.05) is 24.7 Å². The van der Waals surface area contributed by atoms with Crippen molar-refractivity contribution in [3.63, 3.8) is 0 Å². The van der Waals surface area contributed by atoms with Crippen LogP contribution in [0.4, 0.5) is 10.5 Å². The number of nitrogens with one attached hydrogen (secondary N) is 1. The summed E-state index contributed by atoms with van der Waals surface area (Å²) in [6.07, 6.45) is 5.41. The summed E-state index contributed by atoms with van der Waals surface area (Å²) in [4.78, 5) is 21.7. The normalized spacial score (nSPS) is 20.6. The summed E-state index contributed by atoms with van der Waals surface area (Å²) >= 11 is 0. The monoisotopic (exact) mass is 372 g/mol. The molecule has 2 aliphatic rings. The van der Waals surface area contributed by atoms with Crippen LogP contribution < -0.4 is 10.2 Å². The third-order valence-corrected chi connectivity index (χ3v) is 5.94. The zero-order valence-corrected chi connectivity index (χ0v) is 17.7. The molecule has 0 spiro atoms. The molecule has 5 nitrogen and oxygen atoms in total. The van der Waals surface area contributed by atoms with Crippen LogP contribution in [-0.4, -0.2) is 48.6 Å². The number of carbonyl (C=O) groups excluding carboxylic acids is 1. The molecule has 1 N–H and O–H groups in total. The van der Waals surface area contributed by atoms with Gasteiger partial charge >= 0.3 is 6.03 Å². The average Bonchev–Trinajstić information content (AvgIpc) is 2.90. The summed E-state index contributed by atoms with van der Waals surface area (Å²) in [6, 6.07) is 3.93. The zero-order chi connectivity index (χ0) is 19.7. The van der Waals surface area contributed by atoms with Crippen molar-refractivity contribution in [2.24, 2.45) is 11.3 Å². The quantitative estimate of drug-likeness (QED) is 0.868. The molecule has 3 heterocycles. The van der Waals surface area contributed by atoms with Crippen molar-refractivity contribution in [1.29, 1.82) is 0 Å². The van der Waals surface area contributed by atoms with Gasteiger partial charge in [0.15, 0.2) is 0 Å². The first kappa shape index (κ1) is 20.1. The summed E-state index contributed by atoms with van der Waals surface area (Å²) in [6.45, 7) is 16.2. The van der Waals surface area contributed by atoms with Gasteiger partial charge in [-0.05, 0) is 62.4 Å². The Morgan fingerprint density at radius 3 is 2.67 bits per heavy atom. The molecule has 0 atom stereocenters. The van der Waals surface area contributed by atoms with E-state index in [4.69, 9.17) is 0 Å². The second kappa shape index (κ2) is 7.78. The summed E-state index contributed by atoms with van der Waals surface area (Å²) in [5.41, 5.74) is 2.29. The largest absolute Gasteiger partial charge is 0.337 e. The molecular weight excluding hydrogens is 336 g/mol. The number of hydrogen-bond acceptors (Lipinski definition) is 3. The van der Waals surface area contributed by atoms with Gasteiger partial charge in [-0.25, -0.2) is 4.79 Å². The second-order valence-electron chi connectivity index (χ2n) is 10.1. The molecule has 150 valence electrons. The van der Waals surface area contributed by atoms with Crippen LogP contribution in [0, 0.1) is 11.3 Å². The highest BCUT2D eigenvalue weighted by atomic mass is 16.2. The molecule has 5 heteroatoms. The minimum absolute atomic E-state index is 0.0185. The van der Waals surface area contributed by atoms with Crippen molar-refractivity contribution < 1.29 is 4.79 Å². The summed E-state index contributed by atoms with van der Waals surface area (Å²) in [7, 11) is 0. The third-order valence-electron chi connectivity index (χ3n) is 5.94. The molecule has 0 saturated carbocycles. The summed E-state index contributed by atoms with van der Waals surface area (Å²) in [5.74, 6) is 0.587. The van der Waals surface area contributed by atoms with Gasteiger partial charge in [0.2, 0.25) is 0 Å². The van der Waals surface area contributed by atoms with Gasteiger partial charge < -0.3 is 10.2 Å². The van der Waals surface area contributed by atoms with Crippen LogP contribution in [0.2, 0.25) is 0 Å². The highest BCUT2D eigenvalue weighted by Gasteiger charge is 2.39. The maximum Gasteiger partial charge on any atom is 0.321 e. The van der Waals surface area contributed by atoms with E-state index >= 15 is 0 Å². The second-order valence-corrected chi connectivity index (χ2v) is 10.1. The molecule has 0 bridgehead atoms. The molecule has 0 aliphatic carbocycles. The molecule has 3 rings (SSSR count). The van der Waals surface area contributed by atoms with Crippen molar-refractivity contribution in [2.45, 2.75) is 59.3 Å². The van der Waals surface area contributed by atoms with E-state index < -0.39 is 0 Å². The number of rotatable bonds is 4. The number of hydrogen-bond donors (Lipinski definition) is 1. The minimum Gasteiger partial charge on any atom is -0.337 e. The number of carbonyl (C=O) groups is 1. The van der Waals surface area contributed by atoms with E-state index in [-0.39, 0.29) is 11.4 Å². The Morgan fingerprint density at radius 1 is 1.30 bits per heavy atom. The van der Waals surface area contributed by atoms with E-state index in [1.807, 2.05) is 23.2 Å². The number of fused-ring (bicyclic) bond motifs is 1. The number of piperidine rings is 1. The van der Waals surface area contributed by atoms with Gasteiger partial charge in [-0.15, -0.1) is 0 Å². The van der Waals surface area contributed by atoms with Crippen molar-refractivity contribution >= 4 is 11.7 Å². The topological polar surface area (TPSA) is 48.5 Å². The van der Waals surface area contributed by atoms with E-state index in [1.165, 1.54) is 25.8 Å². The number of nitrogens with zero attached hydrogens (tertiary/aromatic N) is 3. The van der Waals surface area contributed by atoms with Crippen LogP contribution in [0.25, 0.3) is 0 Å². The number of likely N-dealkylation sites (tertiary alicyclic amines) is 1. The maximum absolute atomic E-state index is 12.8. The fourth-order valence-electron chi connectivity index (χ4n) is 4.11. The number of amides is 2. The van der Waals surface area contributed by atoms with Crippen LogP contribution in [-0.2, 0) is 5.41 Å². The molecule has 2 amide bonds. The Bertz CT molecular complexity index is 657. The van der Waals surface area contributed by atoms with E-state index in [1.54, 1.807) is 0 Å². The Balaban J connectivity index is 1.46. The van der Waals surface area contributed by atoms with Gasteiger partial charge in [0.1, 0.15) is 0 Å². The van der Waals surface area contributed by atoms with E-state index in [0.29, 0.717) is 17.9 Å². The number of aromatic nitrogens is 1. The van der Waals surface area contributed by atoms with Crippen molar-refractivity contribution in [3.05, 3.63) is 24.0 Å². The molecule has 1 fully saturated rings. The number of anilines is 1. The van der Waals surface area contributed by atoms with Gasteiger partial charge in [-0.3, -0.25) is 9.88 Å². The molecule has 1 aromatic rings. The van der Waals surface area contributed by atoms with Crippen molar-refractivity contribution in [1.82, 2.24) is 15.2 Å². The first-order valence-electron chi connectivity index (χ1n) is 10.4. The Hall–Kier alpha value is -1.62. The fourth-order valence-corrected chi connectivity index (χ4v) is 4.11. The molecule has 1 aromatic heterocycles. The van der Waals surface area contributed by atoms with Crippen LogP contribution in [0.5, 0.6) is 0 Å². The fraction of sp³-hybridized carbons (Fsp3) is 0.727. The van der Waals surface area contributed by atoms with Gasteiger partial charge in [-0.2, -0.15) is 0 Å². The summed E-state index contributed by atoms with van der Waals surface area (Å²) in [5, 5.41) is 3.18. The predicted octanol–water partition coefficient (Wildman–Crippen LogP) is 4.04. The highest BCUT2D eigenvalue weighted by Crippen LogP contribution is 2.38. The highest BCUT2D eigenvalue weighted by molar-refractivity contribution is 5.94. The number of urea groups is 1. The smallest absolute Gasteiger partial charge is 0.321 e. The van der Waals surface area contributed by atoms with E-state index in [0.717, 1.165) is 31.0 Å². The molecule has 1 saturated heterocycles. The lowest BCUT2D eigenvalue weighted by molar-refractivity contribution is 0.162. The van der Waals surface area contributed by atoms with Crippen LogP contribution in [0.1, 0.15) is 59.6 Å². The SMILES string of the molecule is CC(C)(C)CCN1CCC(CNC(=O)N2CC(C)(C)c3ncccc32)CC1. The first-order valence-corrected chi connectivity index (χ1v) is 10.4. The lowest BCUT2D eigenvalue weighted by Crippen LogP contribution is -2.45. The van der Waals surface area contributed by atoms with Crippen LogP contribution >= 0.6 is 0 Å². The van der Waals surface area contributed by atoms with Crippen molar-refractivity contribution in [3.8, 4) is 0 Å². The third kappa shape index (κ3) is 5.01. The molecule has 0 unspecified atom stereocenters.